The van der Waals surface area contributed by atoms with E-state index in [-0.39, 0.29) is 0 Å². The van der Waals surface area contributed by atoms with E-state index >= 15 is 0 Å². The van der Waals surface area contributed by atoms with Crippen LogP contribution < -0.4 is 4.74 Å². The molecule has 44 valence electrons. The highest BCUT2D eigenvalue weighted by atomic mass is 32.1. The van der Waals surface area contributed by atoms with Crippen LogP contribution in [0.15, 0.2) is 5.38 Å². The molecule has 1 rings (SSSR count). The Morgan fingerprint density at radius 3 is 2.75 bits per heavy atom. The number of thiazole rings is 1. The average Bonchev–Trinajstić information content (AvgIpc) is 2.14. The van der Waals surface area contributed by atoms with Gasteiger partial charge >= 0.3 is 0 Å². The van der Waals surface area contributed by atoms with Crippen molar-refractivity contribution in [3.05, 3.63) is 11.1 Å². The first kappa shape index (κ1) is 5.56. The summed E-state index contributed by atoms with van der Waals surface area (Å²) in [6, 6.07) is 0. The Labute approximate surface area is 52.1 Å². The fourth-order valence-electron chi connectivity index (χ4n) is 0.426. The zero-order valence-corrected chi connectivity index (χ0v) is 5.66. The number of rotatable bonds is 1. The minimum Gasteiger partial charge on any atom is -0.473 e. The summed E-state index contributed by atoms with van der Waals surface area (Å²) in [5.41, 5.74) is 1.02. The van der Waals surface area contributed by atoms with Crippen molar-refractivity contribution < 1.29 is 4.74 Å². The molecule has 0 radical (unpaired) electrons. The predicted molar refractivity (Wildman–Crippen MR) is 33.4 cm³/mol. The summed E-state index contributed by atoms with van der Waals surface area (Å²) in [7, 11) is 1.62. The van der Waals surface area contributed by atoms with Crippen molar-refractivity contribution in [1.82, 2.24) is 4.98 Å². The van der Waals surface area contributed by atoms with E-state index in [0.29, 0.717) is 0 Å². The molecule has 0 aromatic carbocycles. The Bertz CT molecular complexity index is 173. The molecule has 0 aliphatic carbocycles. The lowest BCUT2D eigenvalue weighted by atomic mass is 10.6. The molecular weight excluding hydrogens is 122 g/mol. The maximum Gasteiger partial charge on any atom is 0.273 e. The smallest absolute Gasteiger partial charge is 0.273 e. The van der Waals surface area contributed by atoms with Gasteiger partial charge in [0.05, 0.1) is 12.8 Å². The zero-order chi connectivity index (χ0) is 5.98. The molecule has 0 fully saturated rings. The Morgan fingerprint density at radius 1 is 1.75 bits per heavy atom. The first-order chi connectivity index (χ1) is 3.83. The molecule has 0 unspecified atom stereocenters. The van der Waals surface area contributed by atoms with Gasteiger partial charge in [0.25, 0.3) is 5.19 Å². The molecule has 0 bridgehead atoms. The Morgan fingerprint density at radius 2 is 2.50 bits per heavy atom. The molecule has 0 atom stereocenters. The van der Waals surface area contributed by atoms with Crippen molar-refractivity contribution in [2.75, 3.05) is 7.11 Å². The van der Waals surface area contributed by atoms with Crippen molar-refractivity contribution in [2.24, 2.45) is 0 Å². The molecule has 1 aromatic heterocycles. The second-order valence-electron chi connectivity index (χ2n) is 1.46. The minimum absolute atomic E-state index is 0.738. The highest BCUT2D eigenvalue weighted by molar-refractivity contribution is 7.11. The van der Waals surface area contributed by atoms with Gasteiger partial charge in [-0.15, -0.1) is 0 Å². The number of hydrogen-bond acceptors (Lipinski definition) is 3. The minimum atomic E-state index is 0.738. The molecule has 0 aliphatic heterocycles. The molecule has 2 nitrogen and oxygen atoms in total. The van der Waals surface area contributed by atoms with E-state index in [2.05, 4.69) is 4.98 Å². The quantitative estimate of drug-likeness (QED) is 0.572. The first-order valence-corrected chi connectivity index (χ1v) is 3.17. The van der Waals surface area contributed by atoms with E-state index in [4.69, 9.17) is 4.74 Å². The fourth-order valence-corrected chi connectivity index (χ4v) is 1.04. The van der Waals surface area contributed by atoms with Crippen LogP contribution in [0.3, 0.4) is 0 Å². The van der Waals surface area contributed by atoms with Crippen LogP contribution in [-0.2, 0) is 0 Å². The Balaban J connectivity index is 2.84. The Hall–Kier alpha value is -0.570. The highest BCUT2D eigenvalue weighted by Crippen LogP contribution is 2.15. The summed E-state index contributed by atoms with van der Waals surface area (Å²) < 4.78 is 4.84. The van der Waals surface area contributed by atoms with Gasteiger partial charge in [0, 0.05) is 5.38 Å². The van der Waals surface area contributed by atoms with Crippen LogP contribution in [0.1, 0.15) is 5.69 Å². The average molecular weight is 129 g/mol. The fraction of sp³-hybridized carbons (Fsp3) is 0.400. The monoisotopic (exact) mass is 129 g/mol. The van der Waals surface area contributed by atoms with E-state index in [1.807, 2.05) is 12.3 Å². The number of aryl methyl sites for hydroxylation is 1. The second-order valence-corrected chi connectivity index (χ2v) is 2.28. The topological polar surface area (TPSA) is 22.1 Å². The largest absolute Gasteiger partial charge is 0.473 e. The highest BCUT2D eigenvalue weighted by Gasteiger charge is 1.92. The molecule has 8 heavy (non-hydrogen) atoms. The molecule has 1 heterocycles. The van der Waals surface area contributed by atoms with Gasteiger partial charge in [-0.2, -0.15) is 0 Å². The maximum absolute atomic E-state index is 4.84. The third-order valence-electron chi connectivity index (χ3n) is 0.773. The number of aromatic nitrogens is 1. The first-order valence-electron chi connectivity index (χ1n) is 2.29. The predicted octanol–water partition coefficient (Wildman–Crippen LogP) is 1.46. The van der Waals surface area contributed by atoms with E-state index in [1.54, 1.807) is 7.11 Å². The molecule has 3 heteroatoms. The normalized spacial score (nSPS) is 9.25. The van der Waals surface area contributed by atoms with Gasteiger partial charge in [0.2, 0.25) is 0 Å². The second kappa shape index (κ2) is 2.13. The van der Waals surface area contributed by atoms with Gasteiger partial charge in [-0.3, -0.25) is 0 Å². The van der Waals surface area contributed by atoms with Crippen molar-refractivity contribution in [3.63, 3.8) is 0 Å². The van der Waals surface area contributed by atoms with Crippen molar-refractivity contribution >= 4 is 11.3 Å². The molecule has 0 spiro atoms. The lowest BCUT2D eigenvalue weighted by molar-refractivity contribution is 0.411. The van der Waals surface area contributed by atoms with E-state index < -0.39 is 0 Å². The third kappa shape index (κ3) is 0.980. The van der Waals surface area contributed by atoms with Crippen LogP contribution in [-0.4, -0.2) is 12.1 Å². The van der Waals surface area contributed by atoms with Gasteiger partial charge in [-0.25, -0.2) is 4.98 Å². The lowest BCUT2D eigenvalue weighted by Crippen LogP contribution is -1.79. The third-order valence-corrected chi connectivity index (χ3v) is 1.69. The number of methoxy groups -OCH3 is 1. The summed E-state index contributed by atoms with van der Waals surface area (Å²) >= 11 is 1.52. The van der Waals surface area contributed by atoms with Crippen LogP contribution in [0, 0.1) is 6.92 Å². The molecule has 0 saturated heterocycles. The molecule has 0 saturated carbocycles. The van der Waals surface area contributed by atoms with Crippen LogP contribution >= 0.6 is 11.3 Å². The van der Waals surface area contributed by atoms with Crippen LogP contribution in [0.5, 0.6) is 5.19 Å². The summed E-state index contributed by atoms with van der Waals surface area (Å²) in [4.78, 5) is 4.03. The summed E-state index contributed by atoms with van der Waals surface area (Å²) in [6.45, 7) is 1.94. The summed E-state index contributed by atoms with van der Waals surface area (Å²) in [5, 5.41) is 2.70. The molecule has 0 amide bonds. The van der Waals surface area contributed by atoms with Crippen LogP contribution in [0.4, 0.5) is 0 Å². The van der Waals surface area contributed by atoms with Gasteiger partial charge in [0.1, 0.15) is 0 Å². The van der Waals surface area contributed by atoms with E-state index in [1.165, 1.54) is 11.3 Å². The maximum atomic E-state index is 4.84. The van der Waals surface area contributed by atoms with E-state index in [0.717, 1.165) is 10.9 Å². The summed E-state index contributed by atoms with van der Waals surface area (Å²) in [6.07, 6.45) is 0. The standard InChI is InChI=1S/C5H7NOS/c1-4-3-8-5(6-4)7-2/h3H,1-2H3. The molecular formula is C5H7NOS. The van der Waals surface area contributed by atoms with Crippen LogP contribution in [0.25, 0.3) is 0 Å². The summed E-state index contributed by atoms with van der Waals surface area (Å²) in [5.74, 6) is 0. The number of hydrogen-bond donors (Lipinski definition) is 0. The number of ether oxygens (including phenoxy) is 1. The van der Waals surface area contributed by atoms with E-state index in [9.17, 15) is 0 Å². The lowest BCUT2D eigenvalue weighted by Gasteiger charge is -1.85. The zero-order valence-electron chi connectivity index (χ0n) is 4.84. The SMILES string of the molecule is COc1nc(C)cs1. The van der Waals surface area contributed by atoms with Gasteiger partial charge in [-0.1, -0.05) is 11.3 Å². The van der Waals surface area contributed by atoms with Gasteiger partial charge in [-0.05, 0) is 6.92 Å². The van der Waals surface area contributed by atoms with Crippen molar-refractivity contribution in [3.8, 4) is 5.19 Å². The Kier molecular flexibility index (Phi) is 1.48. The van der Waals surface area contributed by atoms with Gasteiger partial charge in [0.15, 0.2) is 0 Å². The molecule has 0 aliphatic rings. The van der Waals surface area contributed by atoms with Gasteiger partial charge < -0.3 is 4.74 Å². The van der Waals surface area contributed by atoms with Crippen molar-refractivity contribution in [1.29, 1.82) is 0 Å². The molecule has 0 N–H and O–H groups in total. The van der Waals surface area contributed by atoms with Crippen LogP contribution in [0.2, 0.25) is 0 Å². The van der Waals surface area contributed by atoms with Crippen molar-refractivity contribution in [2.45, 2.75) is 6.92 Å². The molecule has 1 aromatic rings. The number of nitrogens with zero attached hydrogens (tertiary/aromatic N) is 1.